The van der Waals surface area contributed by atoms with Gasteiger partial charge in [-0.05, 0) is 30.7 Å². The summed E-state index contributed by atoms with van der Waals surface area (Å²) in [5, 5.41) is 2.80. The molecule has 0 saturated carbocycles. The van der Waals surface area contributed by atoms with Crippen LogP contribution >= 0.6 is 11.6 Å². The lowest BCUT2D eigenvalue weighted by atomic mass is 10.1. The van der Waals surface area contributed by atoms with Crippen LogP contribution in [0.25, 0.3) is 0 Å². The van der Waals surface area contributed by atoms with Crippen LogP contribution in [0, 0.1) is 0 Å². The lowest BCUT2D eigenvalue weighted by molar-refractivity contribution is -0.116. The number of anilines is 1. The molecule has 0 saturated heterocycles. The number of halogens is 1. The van der Waals surface area contributed by atoms with E-state index in [4.69, 9.17) is 11.6 Å². The van der Waals surface area contributed by atoms with Crippen molar-refractivity contribution in [3.8, 4) is 0 Å². The second-order valence-electron chi connectivity index (χ2n) is 4.14. The van der Waals surface area contributed by atoms with Gasteiger partial charge in [0.15, 0.2) is 5.78 Å². The second-order valence-corrected chi connectivity index (χ2v) is 4.41. The van der Waals surface area contributed by atoms with Crippen molar-refractivity contribution in [2.45, 2.75) is 32.6 Å². The van der Waals surface area contributed by atoms with Crippen LogP contribution in [0.5, 0.6) is 0 Å². The Morgan fingerprint density at radius 2 is 1.83 bits per heavy atom. The molecular weight excluding hydrogens is 250 g/mol. The summed E-state index contributed by atoms with van der Waals surface area (Å²) in [6.07, 6.45) is 3.61. The molecule has 0 aliphatic carbocycles. The van der Waals surface area contributed by atoms with E-state index in [1.54, 1.807) is 24.3 Å². The van der Waals surface area contributed by atoms with Crippen LogP contribution in [0.2, 0.25) is 0 Å². The third kappa shape index (κ3) is 4.88. The van der Waals surface area contributed by atoms with Gasteiger partial charge in [0, 0.05) is 17.7 Å². The summed E-state index contributed by atoms with van der Waals surface area (Å²) >= 11 is 5.46. The fraction of sp³-hybridized carbons (Fsp3) is 0.429. The number of hydrogen-bond donors (Lipinski definition) is 1. The van der Waals surface area contributed by atoms with Crippen LogP contribution < -0.4 is 5.32 Å². The molecule has 1 rings (SSSR count). The highest BCUT2D eigenvalue weighted by Crippen LogP contribution is 2.11. The number of unbranched alkanes of at least 4 members (excludes halogenated alkanes) is 2. The van der Waals surface area contributed by atoms with Gasteiger partial charge in [0.25, 0.3) is 0 Å². The Kier molecular flexibility index (Phi) is 6.44. The van der Waals surface area contributed by atoms with E-state index in [9.17, 15) is 9.59 Å². The Morgan fingerprint density at radius 1 is 1.17 bits per heavy atom. The van der Waals surface area contributed by atoms with Gasteiger partial charge in [-0.25, -0.2) is 0 Å². The van der Waals surface area contributed by atoms with Gasteiger partial charge < -0.3 is 5.32 Å². The molecule has 1 N–H and O–H groups in total. The molecule has 0 fully saturated rings. The van der Waals surface area contributed by atoms with E-state index < -0.39 is 0 Å². The molecule has 0 radical (unpaired) electrons. The molecule has 0 aromatic heterocycles. The number of amides is 1. The smallest absolute Gasteiger partial charge is 0.224 e. The van der Waals surface area contributed by atoms with Crippen molar-refractivity contribution in [1.82, 2.24) is 0 Å². The predicted octanol–water partition coefficient (Wildman–Crippen LogP) is 3.63. The predicted molar refractivity (Wildman–Crippen MR) is 74.3 cm³/mol. The summed E-state index contributed by atoms with van der Waals surface area (Å²) in [5.74, 6) is -0.125. The van der Waals surface area contributed by atoms with Gasteiger partial charge in [0.1, 0.15) is 0 Å². The van der Waals surface area contributed by atoms with Crippen LogP contribution in [-0.2, 0) is 4.79 Å². The number of rotatable bonds is 7. The third-order valence-electron chi connectivity index (χ3n) is 2.62. The molecule has 0 aliphatic rings. The Labute approximate surface area is 113 Å². The standard InChI is InChI=1S/C14H18ClNO2/c1-2-3-4-5-14(18)16-12-8-6-11(7-9-12)13(17)10-15/h6-9H,2-5,10H2,1H3,(H,16,18). The van der Waals surface area contributed by atoms with Gasteiger partial charge in [0.2, 0.25) is 5.91 Å². The number of ketones is 1. The molecule has 1 amide bonds. The Morgan fingerprint density at radius 3 is 2.39 bits per heavy atom. The number of Topliss-reactive ketones (excluding diaryl/α,β-unsaturated/α-hetero) is 1. The molecule has 0 heterocycles. The molecule has 0 aliphatic heterocycles. The first-order chi connectivity index (χ1) is 8.67. The Balaban J connectivity index is 2.48. The Bertz CT molecular complexity index is 401. The van der Waals surface area contributed by atoms with Gasteiger partial charge in [-0.1, -0.05) is 19.8 Å². The first kappa shape index (κ1) is 14.7. The lowest BCUT2D eigenvalue weighted by Crippen LogP contribution is -2.11. The maximum Gasteiger partial charge on any atom is 0.224 e. The maximum atomic E-state index is 11.6. The van der Waals surface area contributed by atoms with E-state index in [2.05, 4.69) is 12.2 Å². The second kappa shape index (κ2) is 7.88. The molecule has 98 valence electrons. The summed E-state index contributed by atoms with van der Waals surface area (Å²) in [6.45, 7) is 2.10. The zero-order valence-electron chi connectivity index (χ0n) is 10.5. The fourth-order valence-electron chi connectivity index (χ4n) is 1.58. The molecule has 1 aromatic rings. The maximum absolute atomic E-state index is 11.6. The number of carbonyl (C=O) groups is 2. The van der Waals surface area contributed by atoms with E-state index in [0.29, 0.717) is 17.7 Å². The topological polar surface area (TPSA) is 46.2 Å². The van der Waals surface area contributed by atoms with E-state index in [-0.39, 0.29) is 17.6 Å². The molecule has 3 nitrogen and oxygen atoms in total. The van der Waals surface area contributed by atoms with Crippen molar-refractivity contribution >= 4 is 29.0 Å². The average molecular weight is 268 g/mol. The minimum absolute atomic E-state index is 0.0138. The van der Waals surface area contributed by atoms with Crippen molar-refractivity contribution in [3.05, 3.63) is 29.8 Å². The van der Waals surface area contributed by atoms with Crippen LogP contribution in [-0.4, -0.2) is 17.6 Å². The molecule has 0 atom stereocenters. The highest BCUT2D eigenvalue weighted by Gasteiger charge is 2.05. The van der Waals surface area contributed by atoms with Crippen molar-refractivity contribution in [1.29, 1.82) is 0 Å². The van der Waals surface area contributed by atoms with Crippen LogP contribution in [0.4, 0.5) is 5.69 Å². The van der Waals surface area contributed by atoms with E-state index >= 15 is 0 Å². The van der Waals surface area contributed by atoms with Crippen LogP contribution in [0.15, 0.2) is 24.3 Å². The minimum Gasteiger partial charge on any atom is -0.326 e. The lowest BCUT2D eigenvalue weighted by Gasteiger charge is -2.05. The summed E-state index contributed by atoms with van der Waals surface area (Å²) in [6, 6.07) is 6.79. The average Bonchev–Trinajstić information content (AvgIpc) is 2.39. The van der Waals surface area contributed by atoms with Gasteiger partial charge in [-0.2, -0.15) is 0 Å². The van der Waals surface area contributed by atoms with Gasteiger partial charge in [0.05, 0.1) is 5.88 Å². The van der Waals surface area contributed by atoms with Gasteiger partial charge >= 0.3 is 0 Å². The molecular formula is C14H18ClNO2. The highest BCUT2D eigenvalue weighted by atomic mass is 35.5. The van der Waals surface area contributed by atoms with Crippen LogP contribution in [0.1, 0.15) is 43.0 Å². The van der Waals surface area contributed by atoms with Crippen LogP contribution in [0.3, 0.4) is 0 Å². The Hall–Kier alpha value is -1.35. The minimum atomic E-state index is -0.113. The van der Waals surface area contributed by atoms with Gasteiger partial charge in [-0.3, -0.25) is 9.59 Å². The normalized spacial score (nSPS) is 10.1. The van der Waals surface area contributed by atoms with Crippen molar-refractivity contribution in [2.24, 2.45) is 0 Å². The molecule has 18 heavy (non-hydrogen) atoms. The first-order valence-corrected chi connectivity index (χ1v) is 6.70. The molecule has 0 spiro atoms. The number of nitrogens with one attached hydrogen (secondary N) is 1. The molecule has 1 aromatic carbocycles. The highest BCUT2D eigenvalue weighted by molar-refractivity contribution is 6.30. The largest absolute Gasteiger partial charge is 0.326 e. The van der Waals surface area contributed by atoms with Crippen molar-refractivity contribution in [3.63, 3.8) is 0 Å². The van der Waals surface area contributed by atoms with E-state index in [0.717, 1.165) is 19.3 Å². The van der Waals surface area contributed by atoms with E-state index in [1.165, 1.54) is 0 Å². The van der Waals surface area contributed by atoms with E-state index in [1.807, 2.05) is 0 Å². The van der Waals surface area contributed by atoms with Gasteiger partial charge in [-0.15, -0.1) is 11.6 Å². The molecule has 0 bridgehead atoms. The first-order valence-electron chi connectivity index (χ1n) is 6.16. The fourth-order valence-corrected chi connectivity index (χ4v) is 1.73. The molecule has 0 unspecified atom stereocenters. The zero-order valence-corrected chi connectivity index (χ0v) is 11.3. The van der Waals surface area contributed by atoms with Crippen molar-refractivity contribution < 1.29 is 9.59 Å². The number of benzene rings is 1. The van der Waals surface area contributed by atoms with Crippen molar-refractivity contribution in [2.75, 3.05) is 11.2 Å². The quantitative estimate of drug-likeness (QED) is 0.466. The number of alkyl halides is 1. The summed E-state index contributed by atoms with van der Waals surface area (Å²) in [4.78, 5) is 22.9. The zero-order chi connectivity index (χ0) is 13.4. The third-order valence-corrected chi connectivity index (χ3v) is 2.86. The SMILES string of the molecule is CCCCCC(=O)Nc1ccc(C(=O)CCl)cc1. The summed E-state index contributed by atoms with van der Waals surface area (Å²) < 4.78 is 0. The molecule has 4 heteroatoms. The summed E-state index contributed by atoms with van der Waals surface area (Å²) in [5.41, 5.74) is 1.27. The monoisotopic (exact) mass is 267 g/mol. The number of hydrogen-bond acceptors (Lipinski definition) is 2. The summed E-state index contributed by atoms with van der Waals surface area (Å²) in [7, 11) is 0. The number of carbonyl (C=O) groups excluding carboxylic acids is 2.